The van der Waals surface area contributed by atoms with Gasteiger partial charge in [0.2, 0.25) is 0 Å². The molecule has 132 valence electrons. The SMILES string of the molecule is O=C(Cn1c(-c2ccccc2)noc1=O)NNC(=O)c1ccc(F)cc1. The molecule has 0 fully saturated rings. The van der Waals surface area contributed by atoms with Gasteiger partial charge in [0.25, 0.3) is 11.8 Å². The molecule has 9 heteroatoms. The van der Waals surface area contributed by atoms with E-state index >= 15 is 0 Å². The maximum Gasteiger partial charge on any atom is 0.442 e. The van der Waals surface area contributed by atoms with E-state index in [9.17, 15) is 18.8 Å². The van der Waals surface area contributed by atoms with E-state index in [0.29, 0.717) is 5.56 Å². The molecular weight excluding hydrogens is 343 g/mol. The number of rotatable bonds is 4. The van der Waals surface area contributed by atoms with E-state index in [-0.39, 0.29) is 11.4 Å². The summed E-state index contributed by atoms with van der Waals surface area (Å²) in [5.41, 5.74) is 5.12. The second-order valence-electron chi connectivity index (χ2n) is 5.23. The highest BCUT2D eigenvalue weighted by molar-refractivity contribution is 5.95. The Hall–Kier alpha value is -3.75. The second kappa shape index (κ2) is 7.43. The van der Waals surface area contributed by atoms with Crippen molar-refractivity contribution in [1.29, 1.82) is 0 Å². The van der Waals surface area contributed by atoms with E-state index in [0.717, 1.165) is 16.7 Å². The minimum atomic E-state index is -0.802. The number of hydrogen-bond acceptors (Lipinski definition) is 5. The van der Waals surface area contributed by atoms with E-state index < -0.39 is 29.9 Å². The Balaban J connectivity index is 1.66. The van der Waals surface area contributed by atoms with E-state index in [1.54, 1.807) is 30.3 Å². The zero-order valence-corrected chi connectivity index (χ0v) is 13.3. The minimum absolute atomic E-state index is 0.166. The van der Waals surface area contributed by atoms with Crippen LogP contribution in [0.25, 0.3) is 11.4 Å². The number of benzene rings is 2. The van der Waals surface area contributed by atoms with Gasteiger partial charge in [-0.1, -0.05) is 35.5 Å². The normalized spacial score (nSPS) is 10.3. The van der Waals surface area contributed by atoms with Crippen LogP contribution >= 0.6 is 0 Å². The maximum absolute atomic E-state index is 12.8. The van der Waals surface area contributed by atoms with Crippen LogP contribution in [-0.4, -0.2) is 21.5 Å². The summed E-state index contributed by atoms with van der Waals surface area (Å²) in [4.78, 5) is 35.7. The molecule has 1 heterocycles. The van der Waals surface area contributed by atoms with Gasteiger partial charge in [-0.25, -0.2) is 13.8 Å². The van der Waals surface area contributed by atoms with E-state index in [2.05, 4.69) is 20.5 Å². The quantitative estimate of drug-likeness (QED) is 0.681. The highest BCUT2D eigenvalue weighted by Gasteiger charge is 2.16. The molecule has 8 nitrogen and oxygen atoms in total. The van der Waals surface area contributed by atoms with Crippen molar-refractivity contribution in [2.75, 3.05) is 0 Å². The number of aromatic nitrogens is 2. The number of halogens is 1. The molecule has 0 radical (unpaired) electrons. The lowest BCUT2D eigenvalue weighted by Crippen LogP contribution is -2.44. The predicted octanol–water partition coefficient (Wildman–Crippen LogP) is 1.10. The summed E-state index contributed by atoms with van der Waals surface area (Å²) >= 11 is 0. The Morgan fingerprint density at radius 1 is 1.04 bits per heavy atom. The van der Waals surface area contributed by atoms with Gasteiger partial charge in [-0.2, -0.15) is 0 Å². The molecule has 0 atom stereocenters. The van der Waals surface area contributed by atoms with E-state index in [4.69, 9.17) is 0 Å². The Morgan fingerprint density at radius 2 is 1.73 bits per heavy atom. The highest BCUT2D eigenvalue weighted by atomic mass is 19.1. The summed E-state index contributed by atoms with van der Waals surface area (Å²) in [5, 5.41) is 3.66. The summed E-state index contributed by atoms with van der Waals surface area (Å²) in [6, 6.07) is 13.5. The van der Waals surface area contributed by atoms with Gasteiger partial charge in [-0.15, -0.1) is 0 Å². The number of hydrazine groups is 1. The van der Waals surface area contributed by atoms with Crippen molar-refractivity contribution >= 4 is 11.8 Å². The molecule has 2 N–H and O–H groups in total. The first kappa shape index (κ1) is 17.1. The number of amides is 2. The maximum atomic E-state index is 12.8. The Labute approximate surface area is 146 Å². The summed E-state index contributed by atoms with van der Waals surface area (Å²) < 4.78 is 18.5. The van der Waals surface area contributed by atoms with Crippen LogP contribution in [0.1, 0.15) is 10.4 Å². The van der Waals surface area contributed by atoms with Crippen LogP contribution in [0, 0.1) is 5.82 Å². The van der Waals surface area contributed by atoms with Gasteiger partial charge in [0.1, 0.15) is 12.4 Å². The Kier molecular flexibility index (Phi) is 4.88. The summed E-state index contributed by atoms with van der Waals surface area (Å²) in [6.07, 6.45) is 0. The van der Waals surface area contributed by atoms with Crippen molar-refractivity contribution < 1.29 is 18.5 Å². The fraction of sp³-hybridized carbons (Fsp3) is 0.0588. The molecule has 0 saturated heterocycles. The smallest absolute Gasteiger partial charge is 0.295 e. The van der Waals surface area contributed by atoms with Crippen molar-refractivity contribution in [3.8, 4) is 11.4 Å². The number of carbonyl (C=O) groups is 2. The number of carbonyl (C=O) groups excluding carboxylic acids is 2. The van der Waals surface area contributed by atoms with Gasteiger partial charge in [0.05, 0.1) is 0 Å². The molecule has 1 aromatic heterocycles. The van der Waals surface area contributed by atoms with Crippen LogP contribution in [0.5, 0.6) is 0 Å². The van der Waals surface area contributed by atoms with Crippen LogP contribution in [-0.2, 0) is 11.3 Å². The summed E-state index contributed by atoms with van der Waals surface area (Å²) in [7, 11) is 0. The Morgan fingerprint density at radius 3 is 2.42 bits per heavy atom. The van der Waals surface area contributed by atoms with Gasteiger partial charge in [0, 0.05) is 11.1 Å². The Bertz CT molecular complexity index is 980. The topological polar surface area (TPSA) is 106 Å². The number of hydrogen-bond donors (Lipinski definition) is 2. The molecular formula is C17H13FN4O4. The van der Waals surface area contributed by atoms with E-state index in [1.807, 2.05) is 0 Å². The first-order valence-electron chi connectivity index (χ1n) is 7.51. The highest BCUT2D eigenvalue weighted by Crippen LogP contribution is 2.14. The lowest BCUT2D eigenvalue weighted by molar-refractivity contribution is -0.122. The molecule has 3 rings (SSSR count). The van der Waals surface area contributed by atoms with Crippen molar-refractivity contribution in [2.45, 2.75) is 6.54 Å². The largest absolute Gasteiger partial charge is 0.442 e. The minimum Gasteiger partial charge on any atom is -0.295 e. The zero-order valence-electron chi connectivity index (χ0n) is 13.3. The molecule has 0 saturated carbocycles. The fourth-order valence-electron chi connectivity index (χ4n) is 2.19. The molecule has 3 aromatic rings. The van der Waals surface area contributed by atoms with Crippen molar-refractivity contribution in [3.05, 3.63) is 76.5 Å². The fourth-order valence-corrected chi connectivity index (χ4v) is 2.19. The molecule has 2 amide bonds. The van der Waals surface area contributed by atoms with Crippen molar-refractivity contribution in [2.24, 2.45) is 0 Å². The third-order valence-corrected chi connectivity index (χ3v) is 3.44. The summed E-state index contributed by atoms with van der Waals surface area (Å²) in [5.74, 6) is -2.38. The molecule has 0 spiro atoms. The van der Waals surface area contributed by atoms with E-state index in [1.165, 1.54) is 12.1 Å². The first-order chi connectivity index (χ1) is 12.5. The molecule has 0 bridgehead atoms. The standard InChI is InChI=1S/C17H13FN4O4/c18-13-8-6-12(7-9-13)16(24)20-19-14(23)10-22-15(21-26-17(22)25)11-4-2-1-3-5-11/h1-9H,10H2,(H,19,23)(H,20,24). The monoisotopic (exact) mass is 356 g/mol. The molecule has 0 unspecified atom stereocenters. The van der Waals surface area contributed by atoms with Crippen LogP contribution in [0.4, 0.5) is 4.39 Å². The lowest BCUT2D eigenvalue weighted by atomic mass is 10.2. The zero-order chi connectivity index (χ0) is 18.5. The number of nitrogens with zero attached hydrogens (tertiary/aromatic N) is 2. The van der Waals surface area contributed by atoms with Gasteiger partial charge >= 0.3 is 5.76 Å². The van der Waals surface area contributed by atoms with Crippen LogP contribution in [0.15, 0.2) is 63.9 Å². The van der Waals surface area contributed by atoms with Crippen LogP contribution in [0.3, 0.4) is 0 Å². The number of nitrogens with one attached hydrogen (secondary N) is 2. The first-order valence-corrected chi connectivity index (χ1v) is 7.51. The molecule has 0 aliphatic rings. The third kappa shape index (κ3) is 3.83. The molecule has 0 aliphatic carbocycles. The van der Waals surface area contributed by atoms with Crippen molar-refractivity contribution in [3.63, 3.8) is 0 Å². The predicted molar refractivity (Wildman–Crippen MR) is 88.2 cm³/mol. The van der Waals surface area contributed by atoms with Gasteiger partial charge in [-0.05, 0) is 24.3 Å². The molecule has 26 heavy (non-hydrogen) atoms. The molecule has 0 aliphatic heterocycles. The summed E-state index contributed by atoms with van der Waals surface area (Å²) in [6.45, 7) is -0.406. The van der Waals surface area contributed by atoms with Crippen molar-refractivity contribution in [1.82, 2.24) is 20.6 Å². The van der Waals surface area contributed by atoms with Gasteiger partial charge in [0.15, 0.2) is 5.82 Å². The van der Waals surface area contributed by atoms with Crippen LogP contribution in [0.2, 0.25) is 0 Å². The lowest BCUT2D eigenvalue weighted by Gasteiger charge is -2.08. The third-order valence-electron chi connectivity index (χ3n) is 3.44. The average molecular weight is 356 g/mol. The van der Waals surface area contributed by atoms with Gasteiger partial charge < -0.3 is 0 Å². The molecule has 2 aromatic carbocycles. The van der Waals surface area contributed by atoms with Gasteiger partial charge in [-0.3, -0.25) is 25.0 Å². The average Bonchev–Trinajstić information content (AvgIpc) is 3.01. The second-order valence-corrected chi connectivity index (χ2v) is 5.23. The van der Waals surface area contributed by atoms with Crippen LogP contribution < -0.4 is 16.6 Å².